The van der Waals surface area contributed by atoms with Gasteiger partial charge in [-0.1, -0.05) is 12.1 Å². The molecular weight excluding hydrogens is 323 g/mol. The van der Waals surface area contributed by atoms with Crippen molar-refractivity contribution < 1.29 is 21.9 Å². The molecule has 1 heterocycles. The third kappa shape index (κ3) is 4.07. The molecule has 2 amide bonds. The van der Waals surface area contributed by atoms with Gasteiger partial charge in [-0.15, -0.1) is 3.89 Å². The maximum absolute atomic E-state index is 13.2. The first-order valence-corrected chi connectivity index (χ1v) is 8.59. The molecule has 1 aromatic carbocycles. The Morgan fingerprint density at radius 3 is 2.43 bits per heavy atom. The third-order valence-electron chi connectivity index (χ3n) is 3.42. The van der Waals surface area contributed by atoms with Crippen molar-refractivity contribution in [3.05, 3.63) is 29.8 Å². The van der Waals surface area contributed by atoms with Gasteiger partial charge in [0.15, 0.2) is 0 Å². The van der Waals surface area contributed by atoms with Crippen LogP contribution in [0.3, 0.4) is 0 Å². The molecule has 0 aliphatic carbocycles. The second-order valence-corrected chi connectivity index (χ2v) is 8.15. The Morgan fingerprint density at radius 1 is 1.30 bits per heavy atom. The average Bonchev–Trinajstić information content (AvgIpc) is 2.79. The monoisotopic (exact) mass is 342 g/mol. The highest BCUT2D eigenvalue weighted by Gasteiger charge is 2.40. The number of nitrogens with one attached hydrogen (secondary N) is 1. The van der Waals surface area contributed by atoms with E-state index < -0.39 is 33.3 Å². The third-order valence-corrected chi connectivity index (χ3v) is 4.53. The van der Waals surface area contributed by atoms with E-state index in [1.807, 2.05) is 20.8 Å². The quantitative estimate of drug-likeness (QED) is 0.846. The Hall–Kier alpha value is -1.96. The van der Waals surface area contributed by atoms with E-state index in [2.05, 4.69) is 5.32 Å². The Kier molecular flexibility index (Phi) is 4.48. The number of rotatable bonds is 3. The van der Waals surface area contributed by atoms with Crippen LogP contribution in [-0.2, 0) is 15.0 Å². The van der Waals surface area contributed by atoms with Crippen LogP contribution in [0.4, 0.5) is 9.57 Å². The summed E-state index contributed by atoms with van der Waals surface area (Å²) in [5, 5.41) is 1.39. The number of carbonyl (C=O) groups excluding carboxylic acids is 2. The molecule has 1 saturated heterocycles. The fourth-order valence-corrected chi connectivity index (χ4v) is 3.07. The van der Waals surface area contributed by atoms with Crippen LogP contribution in [0.5, 0.6) is 0 Å². The number of hydrogen-bond donors (Lipinski definition) is 1. The average molecular weight is 342 g/mol. The molecular formula is C15H19FN2O4S. The van der Waals surface area contributed by atoms with Crippen LogP contribution in [-0.4, -0.2) is 37.6 Å². The number of benzene rings is 1. The van der Waals surface area contributed by atoms with Gasteiger partial charge in [0.25, 0.3) is 5.91 Å². The largest absolute Gasteiger partial charge is 0.347 e. The molecule has 1 atom stereocenters. The molecule has 23 heavy (non-hydrogen) atoms. The van der Waals surface area contributed by atoms with E-state index in [0.29, 0.717) is 0 Å². The smallest absolute Gasteiger partial charge is 0.307 e. The Bertz CT molecular complexity index is 740. The number of para-hydroxylation sites is 1. The summed E-state index contributed by atoms with van der Waals surface area (Å²) in [5.41, 5.74) is 0.0578. The van der Waals surface area contributed by atoms with Gasteiger partial charge in [0.2, 0.25) is 5.91 Å². The first-order valence-electron chi connectivity index (χ1n) is 7.14. The lowest BCUT2D eigenvalue weighted by atomic mass is 10.1. The zero-order valence-corrected chi connectivity index (χ0v) is 14.0. The SMILES string of the molecule is CC(C)(C)NC(=O)c1ccccc1N1CC(S(=O)(=O)F)CC1=O. The first kappa shape index (κ1) is 17.4. The van der Waals surface area contributed by atoms with E-state index in [4.69, 9.17) is 0 Å². The molecule has 0 saturated carbocycles. The van der Waals surface area contributed by atoms with Crippen molar-refractivity contribution in [3.63, 3.8) is 0 Å². The second-order valence-electron chi connectivity index (χ2n) is 6.53. The molecule has 1 unspecified atom stereocenters. The number of anilines is 1. The number of amides is 2. The van der Waals surface area contributed by atoms with Gasteiger partial charge in [-0.25, -0.2) is 0 Å². The lowest BCUT2D eigenvalue weighted by Crippen LogP contribution is -2.41. The molecule has 126 valence electrons. The second kappa shape index (κ2) is 5.92. The maximum Gasteiger partial charge on any atom is 0.307 e. The molecule has 8 heteroatoms. The molecule has 0 radical (unpaired) electrons. The molecule has 0 aromatic heterocycles. The van der Waals surface area contributed by atoms with Crippen molar-refractivity contribution in [2.75, 3.05) is 11.4 Å². The summed E-state index contributed by atoms with van der Waals surface area (Å²) in [7, 11) is -4.80. The molecule has 0 bridgehead atoms. The van der Waals surface area contributed by atoms with Crippen molar-refractivity contribution in [1.82, 2.24) is 5.32 Å². The lowest BCUT2D eigenvalue weighted by molar-refractivity contribution is -0.117. The van der Waals surface area contributed by atoms with Crippen molar-refractivity contribution >= 4 is 27.7 Å². The molecule has 1 aliphatic heterocycles. The fourth-order valence-electron chi connectivity index (χ4n) is 2.41. The fraction of sp³-hybridized carbons (Fsp3) is 0.467. The van der Waals surface area contributed by atoms with Gasteiger partial charge in [0.05, 0.1) is 11.3 Å². The minimum Gasteiger partial charge on any atom is -0.347 e. The zero-order chi connectivity index (χ0) is 17.4. The Labute approximate surface area is 134 Å². The summed E-state index contributed by atoms with van der Waals surface area (Å²) in [5.74, 6) is -0.903. The number of carbonyl (C=O) groups is 2. The molecule has 1 fully saturated rings. The van der Waals surface area contributed by atoms with E-state index in [9.17, 15) is 21.9 Å². The van der Waals surface area contributed by atoms with Crippen molar-refractivity contribution in [3.8, 4) is 0 Å². The number of halogens is 1. The van der Waals surface area contributed by atoms with Crippen LogP contribution in [0.25, 0.3) is 0 Å². The van der Waals surface area contributed by atoms with Crippen molar-refractivity contribution in [1.29, 1.82) is 0 Å². The van der Waals surface area contributed by atoms with Crippen LogP contribution < -0.4 is 10.2 Å². The van der Waals surface area contributed by atoms with Gasteiger partial charge in [-0.05, 0) is 32.9 Å². The van der Waals surface area contributed by atoms with Crippen molar-refractivity contribution in [2.24, 2.45) is 0 Å². The van der Waals surface area contributed by atoms with Gasteiger partial charge in [0, 0.05) is 18.5 Å². The maximum atomic E-state index is 13.2. The van der Waals surface area contributed by atoms with E-state index in [1.54, 1.807) is 24.3 Å². The lowest BCUT2D eigenvalue weighted by Gasteiger charge is -2.24. The zero-order valence-electron chi connectivity index (χ0n) is 13.2. The highest BCUT2D eigenvalue weighted by atomic mass is 32.3. The molecule has 6 nitrogen and oxygen atoms in total. The van der Waals surface area contributed by atoms with Crippen LogP contribution >= 0.6 is 0 Å². The van der Waals surface area contributed by atoms with E-state index in [1.165, 1.54) is 0 Å². The number of nitrogens with zero attached hydrogens (tertiary/aromatic N) is 1. The summed E-state index contributed by atoms with van der Waals surface area (Å²) < 4.78 is 35.2. The molecule has 2 rings (SSSR count). The van der Waals surface area contributed by atoms with Gasteiger partial charge >= 0.3 is 10.2 Å². The highest BCUT2D eigenvalue weighted by molar-refractivity contribution is 7.87. The Balaban J connectivity index is 2.35. The Morgan fingerprint density at radius 2 is 1.91 bits per heavy atom. The predicted molar refractivity (Wildman–Crippen MR) is 84.4 cm³/mol. The topological polar surface area (TPSA) is 83.6 Å². The molecule has 1 aromatic rings. The van der Waals surface area contributed by atoms with E-state index in [0.717, 1.165) is 4.90 Å². The van der Waals surface area contributed by atoms with Crippen molar-refractivity contribution in [2.45, 2.75) is 38.0 Å². The predicted octanol–water partition coefficient (Wildman–Crippen LogP) is 1.62. The summed E-state index contributed by atoms with van der Waals surface area (Å²) in [6.07, 6.45) is -0.423. The minimum atomic E-state index is -4.80. The van der Waals surface area contributed by atoms with Gasteiger partial charge in [-0.3, -0.25) is 9.59 Å². The van der Waals surface area contributed by atoms with E-state index in [-0.39, 0.29) is 23.7 Å². The van der Waals surface area contributed by atoms with Gasteiger partial charge in [0.1, 0.15) is 5.25 Å². The normalized spacial score (nSPS) is 19.0. The van der Waals surface area contributed by atoms with Crippen LogP contribution in [0.2, 0.25) is 0 Å². The van der Waals surface area contributed by atoms with Gasteiger partial charge in [-0.2, -0.15) is 8.42 Å². The highest BCUT2D eigenvalue weighted by Crippen LogP contribution is 2.28. The molecule has 1 aliphatic rings. The number of hydrogen-bond acceptors (Lipinski definition) is 4. The van der Waals surface area contributed by atoms with Crippen LogP contribution in [0.15, 0.2) is 24.3 Å². The van der Waals surface area contributed by atoms with Gasteiger partial charge < -0.3 is 10.2 Å². The van der Waals surface area contributed by atoms with Crippen LogP contribution in [0, 0.1) is 0 Å². The summed E-state index contributed by atoms with van der Waals surface area (Å²) in [6.45, 7) is 5.16. The summed E-state index contributed by atoms with van der Waals surface area (Å²) >= 11 is 0. The first-order chi connectivity index (χ1) is 10.5. The van der Waals surface area contributed by atoms with Crippen LogP contribution in [0.1, 0.15) is 37.6 Å². The molecule has 1 N–H and O–H groups in total. The standard InChI is InChI=1S/C15H19FN2O4S/c1-15(2,3)17-14(20)11-6-4-5-7-12(11)18-9-10(8-13(18)19)23(16,21)22/h4-7,10H,8-9H2,1-3H3,(H,17,20). The summed E-state index contributed by atoms with van der Waals surface area (Å²) in [6, 6.07) is 6.36. The molecule has 0 spiro atoms. The van der Waals surface area contributed by atoms with E-state index >= 15 is 0 Å². The summed E-state index contributed by atoms with van der Waals surface area (Å²) in [4.78, 5) is 25.6. The minimum absolute atomic E-state index is 0.243.